The molecule has 8 nitrogen and oxygen atoms in total. The average molecular weight is 853 g/mol. The number of alkyl halides is 6. The molecule has 0 unspecified atom stereocenters. The van der Waals surface area contributed by atoms with Crippen LogP contribution in [-0.2, 0) is 12.4 Å². The highest BCUT2D eigenvalue weighted by molar-refractivity contribution is 6.07. The second-order valence-electron chi connectivity index (χ2n) is 14.4. The number of hydrogen-bond donors (Lipinski definition) is 4. The van der Waals surface area contributed by atoms with Crippen LogP contribution >= 0.6 is 0 Å². The summed E-state index contributed by atoms with van der Waals surface area (Å²) >= 11 is 0. The number of benzene rings is 6. The number of nitrogens with one attached hydrogen (secondary N) is 4. The molecule has 0 spiro atoms. The summed E-state index contributed by atoms with van der Waals surface area (Å²) in [5.74, 6) is -1.86. The number of amides is 4. The van der Waals surface area contributed by atoms with Crippen LogP contribution in [0.5, 0.6) is 0 Å². The first-order valence-corrected chi connectivity index (χ1v) is 19.0. The van der Waals surface area contributed by atoms with Gasteiger partial charge in [0, 0.05) is 47.7 Å². The van der Waals surface area contributed by atoms with Gasteiger partial charge in [-0.05, 0) is 128 Å². The molecule has 4 N–H and O–H groups in total. The molecule has 0 atom stereocenters. The van der Waals surface area contributed by atoms with Crippen LogP contribution in [0.25, 0.3) is 22.3 Å². The van der Waals surface area contributed by atoms with Gasteiger partial charge in [-0.1, -0.05) is 65.7 Å². The molecule has 4 amide bonds. The summed E-state index contributed by atoms with van der Waals surface area (Å²) in [6.45, 7) is 7.28. The number of halogens is 6. The van der Waals surface area contributed by atoms with Gasteiger partial charge in [-0.2, -0.15) is 26.3 Å². The molecule has 0 aliphatic rings. The molecular weight excluding hydrogens is 811 g/mol. The minimum atomic E-state index is -4.60. The first-order valence-electron chi connectivity index (χ1n) is 19.0. The van der Waals surface area contributed by atoms with Crippen molar-refractivity contribution in [1.82, 2.24) is 10.6 Å². The van der Waals surface area contributed by atoms with Crippen molar-refractivity contribution in [3.63, 3.8) is 0 Å². The van der Waals surface area contributed by atoms with Gasteiger partial charge in [-0.3, -0.25) is 19.2 Å². The van der Waals surface area contributed by atoms with E-state index in [1.165, 1.54) is 86.9 Å². The van der Waals surface area contributed by atoms with Gasteiger partial charge in [0.15, 0.2) is 0 Å². The zero-order valence-corrected chi connectivity index (χ0v) is 34.4. The first kappa shape index (κ1) is 45.9. The van der Waals surface area contributed by atoms with E-state index >= 15 is 0 Å². The second-order valence-corrected chi connectivity index (χ2v) is 14.4. The Morgan fingerprint density at radius 2 is 0.758 bits per heavy atom. The summed E-state index contributed by atoms with van der Waals surface area (Å²) in [5.41, 5.74) is 3.85. The normalized spacial score (nSPS) is 11.2. The van der Waals surface area contributed by atoms with E-state index in [1.807, 2.05) is 26.0 Å². The summed E-state index contributed by atoms with van der Waals surface area (Å²) in [5, 5.41) is 9.91. The molecule has 0 saturated carbocycles. The third-order valence-corrected chi connectivity index (χ3v) is 9.76. The van der Waals surface area contributed by atoms with E-state index in [1.54, 1.807) is 38.1 Å². The Kier molecular flexibility index (Phi) is 14.1. The third kappa shape index (κ3) is 11.1. The number of hydrogen-bond acceptors (Lipinski definition) is 4. The first-order chi connectivity index (χ1) is 29.2. The van der Waals surface area contributed by atoms with Crippen molar-refractivity contribution in [3.8, 4) is 22.3 Å². The average Bonchev–Trinajstić information content (AvgIpc) is 3.23. The standard InChI is InChI=1S/2C24H21F3N2O2/c1-14-4-10-19(15(2)12-14)20-11-9-18(13-21(20)24(25,26)27)29-23(31)17-7-5-16(6-8-17)22(30)28-3;1-14-7-9-19(15(2)11-14)20-10-8-18(13-21(20)24(25,26)27)29-23(31)17-6-4-5-16(12-17)22(30)28-3/h2*4-13H,1-3H3,(H,28,30)(H,29,31). The maximum Gasteiger partial charge on any atom is 0.417 e. The Morgan fingerprint density at radius 1 is 0.403 bits per heavy atom. The maximum absolute atomic E-state index is 13.8. The smallest absolute Gasteiger partial charge is 0.355 e. The molecule has 6 aromatic rings. The molecule has 0 aliphatic heterocycles. The van der Waals surface area contributed by atoms with Crippen molar-refractivity contribution in [1.29, 1.82) is 0 Å². The molecule has 0 radical (unpaired) electrons. The maximum atomic E-state index is 13.8. The summed E-state index contributed by atoms with van der Waals surface area (Å²) < 4.78 is 82.8. The van der Waals surface area contributed by atoms with Crippen LogP contribution in [0.15, 0.2) is 121 Å². The van der Waals surface area contributed by atoms with Gasteiger partial charge in [0.25, 0.3) is 23.6 Å². The largest absolute Gasteiger partial charge is 0.417 e. The fourth-order valence-corrected chi connectivity index (χ4v) is 6.68. The Labute approximate surface area is 354 Å². The second kappa shape index (κ2) is 19.0. The zero-order valence-electron chi connectivity index (χ0n) is 34.4. The fraction of sp³-hybridized carbons (Fsp3) is 0.167. The molecule has 62 heavy (non-hydrogen) atoms. The van der Waals surface area contributed by atoms with Crippen LogP contribution in [0.1, 0.15) is 74.8 Å². The van der Waals surface area contributed by atoms with E-state index in [2.05, 4.69) is 21.3 Å². The third-order valence-electron chi connectivity index (χ3n) is 9.76. The molecule has 0 heterocycles. The molecule has 0 fully saturated rings. The number of anilines is 2. The summed E-state index contributed by atoms with van der Waals surface area (Å²) in [7, 11) is 2.95. The van der Waals surface area contributed by atoms with Gasteiger partial charge >= 0.3 is 12.4 Å². The number of aryl methyl sites for hydroxylation is 4. The van der Waals surface area contributed by atoms with Gasteiger partial charge in [0.1, 0.15) is 0 Å². The minimum Gasteiger partial charge on any atom is -0.355 e. The van der Waals surface area contributed by atoms with Gasteiger partial charge in [-0.25, -0.2) is 0 Å². The topological polar surface area (TPSA) is 116 Å². The zero-order chi connectivity index (χ0) is 45.5. The van der Waals surface area contributed by atoms with E-state index in [-0.39, 0.29) is 51.0 Å². The van der Waals surface area contributed by atoms with Crippen molar-refractivity contribution in [2.45, 2.75) is 40.0 Å². The lowest BCUT2D eigenvalue weighted by molar-refractivity contribution is -0.137. The van der Waals surface area contributed by atoms with Crippen LogP contribution in [-0.4, -0.2) is 37.7 Å². The van der Waals surface area contributed by atoms with Gasteiger partial charge < -0.3 is 21.3 Å². The molecule has 0 saturated heterocycles. The molecular formula is C48H42F6N4O4. The van der Waals surface area contributed by atoms with E-state index in [0.717, 1.165) is 34.4 Å². The predicted octanol–water partition coefficient (Wildman–Crippen LogP) is 11.2. The molecule has 0 aromatic heterocycles. The van der Waals surface area contributed by atoms with Crippen molar-refractivity contribution >= 4 is 35.0 Å². The highest BCUT2D eigenvalue weighted by atomic mass is 19.4. The SMILES string of the molecule is CNC(=O)c1ccc(C(=O)Nc2ccc(-c3ccc(C)cc3C)c(C(F)(F)F)c2)cc1.CNC(=O)c1cccc(C(=O)Nc2ccc(-c3ccc(C)cc3C)c(C(F)(F)F)c2)c1. The Morgan fingerprint density at radius 3 is 1.15 bits per heavy atom. The Bertz CT molecular complexity index is 2660. The quantitative estimate of drug-likeness (QED) is 0.114. The van der Waals surface area contributed by atoms with Crippen LogP contribution in [0, 0.1) is 27.7 Å². The van der Waals surface area contributed by atoms with Gasteiger partial charge in [0.05, 0.1) is 11.1 Å². The Balaban J connectivity index is 0.000000234. The molecule has 6 aromatic carbocycles. The highest BCUT2D eigenvalue weighted by Gasteiger charge is 2.35. The van der Waals surface area contributed by atoms with Gasteiger partial charge in [0.2, 0.25) is 0 Å². The van der Waals surface area contributed by atoms with E-state index in [9.17, 15) is 45.5 Å². The lowest BCUT2D eigenvalue weighted by Gasteiger charge is -2.17. The number of rotatable bonds is 8. The van der Waals surface area contributed by atoms with Crippen molar-refractivity contribution in [3.05, 3.63) is 177 Å². The monoisotopic (exact) mass is 852 g/mol. The molecule has 6 rings (SSSR count). The molecule has 14 heteroatoms. The van der Waals surface area contributed by atoms with E-state index < -0.39 is 35.3 Å². The van der Waals surface area contributed by atoms with Crippen LogP contribution < -0.4 is 21.3 Å². The fourth-order valence-electron chi connectivity index (χ4n) is 6.68. The van der Waals surface area contributed by atoms with Gasteiger partial charge in [-0.15, -0.1) is 0 Å². The highest BCUT2D eigenvalue weighted by Crippen LogP contribution is 2.41. The lowest BCUT2D eigenvalue weighted by atomic mass is 9.94. The summed E-state index contributed by atoms with van der Waals surface area (Å²) in [6, 6.07) is 29.7. The van der Waals surface area contributed by atoms with E-state index in [0.29, 0.717) is 16.7 Å². The number of carbonyl (C=O) groups is 4. The van der Waals surface area contributed by atoms with Crippen LogP contribution in [0.2, 0.25) is 0 Å². The number of carbonyl (C=O) groups excluding carboxylic acids is 4. The summed E-state index contributed by atoms with van der Waals surface area (Å²) in [4.78, 5) is 48.4. The minimum absolute atomic E-state index is 0.0104. The summed E-state index contributed by atoms with van der Waals surface area (Å²) in [6.07, 6.45) is -9.20. The van der Waals surface area contributed by atoms with Crippen molar-refractivity contribution in [2.75, 3.05) is 24.7 Å². The lowest BCUT2D eigenvalue weighted by Crippen LogP contribution is -2.19. The molecule has 0 aliphatic carbocycles. The van der Waals surface area contributed by atoms with Crippen molar-refractivity contribution < 1.29 is 45.5 Å². The van der Waals surface area contributed by atoms with E-state index in [4.69, 9.17) is 0 Å². The molecule has 320 valence electrons. The Hall–Kier alpha value is -7.22. The van der Waals surface area contributed by atoms with Crippen LogP contribution in [0.4, 0.5) is 37.7 Å². The molecule has 0 bridgehead atoms. The predicted molar refractivity (Wildman–Crippen MR) is 228 cm³/mol. The van der Waals surface area contributed by atoms with Crippen molar-refractivity contribution in [2.24, 2.45) is 0 Å². The van der Waals surface area contributed by atoms with Crippen LogP contribution in [0.3, 0.4) is 0 Å².